The van der Waals surface area contributed by atoms with Gasteiger partial charge in [-0.2, -0.15) is 0 Å². The minimum Gasteiger partial charge on any atom is -0.371 e. The van der Waals surface area contributed by atoms with Crippen LogP contribution in [-0.4, -0.2) is 59.8 Å². The summed E-state index contributed by atoms with van der Waals surface area (Å²) in [6.45, 7) is 5.88. The first-order valence-electron chi connectivity index (χ1n) is 13.3. The molecule has 0 N–H and O–H groups in total. The Morgan fingerprint density at radius 3 is 2.26 bits per heavy atom. The molecule has 0 saturated carbocycles. The number of carbonyl (C=O) groups excluding carboxylic acids is 2. The normalized spacial score (nSPS) is 17.3. The van der Waals surface area contributed by atoms with Crippen LogP contribution in [0, 0.1) is 13.8 Å². The Balaban J connectivity index is 1.27. The monoisotopic (exact) mass is 530 g/mol. The Morgan fingerprint density at radius 1 is 0.895 bits per heavy atom. The lowest BCUT2D eigenvalue weighted by molar-refractivity contribution is 0.0709. The number of anilines is 1. The molecule has 6 nitrogen and oxygen atoms in total. The van der Waals surface area contributed by atoms with Gasteiger partial charge in [-0.1, -0.05) is 29.8 Å². The van der Waals surface area contributed by atoms with Gasteiger partial charge in [0.2, 0.25) is 0 Å². The average molecular weight is 531 g/mol. The number of carbonyl (C=O) groups is 2. The van der Waals surface area contributed by atoms with Gasteiger partial charge in [-0.05, 0) is 87.1 Å². The summed E-state index contributed by atoms with van der Waals surface area (Å²) in [5.74, 6) is -0.0683. The van der Waals surface area contributed by atoms with Crippen molar-refractivity contribution in [2.24, 2.45) is 0 Å². The van der Waals surface area contributed by atoms with E-state index in [9.17, 15) is 9.59 Å². The van der Waals surface area contributed by atoms with Crippen molar-refractivity contribution < 1.29 is 9.59 Å². The molecular formula is C31H35ClN4O2. The maximum absolute atomic E-state index is 13.6. The second-order valence-electron chi connectivity index (χ2n) is 10.6. The van der Waals surface area contributed by atoms with Crippen molar-refractivity contribution in [2.75, 3.05) is 32.1 Å². The maximum atomic E-state index is 13.6. The lowest BCUT2D eigenvalue weighted by atomic mass is 9.99. The zero-order valence-electron chi connectivity index (χ0n) is 22.6. The predicted molar refractivity (Wildman–Crippen MR) is 152 cm³/mol. The van der Waals surface area contributed by atoms with Gasteiger partial charge < -0.3 is 14.7 Å². The molecule has 1 atom stereocenters. The fraction of sp³-hybridized carbons (Fsp3) is 0.387. The van der Waals surface area contributed by atoms with Crippen molar-refractivity contribution in [1.29, 1.82) is 0 Å². The Kier molecular flexibility index (Phi) is 7.44. The second-order valence-corrected chi connectivity index (χ2v) is 11.0. The molecule has 0 spiro atoms. The maximum Gasteiger partial charge on any atom is 0.255 e. The predicted octanol–water partition coefficient (Wildman–Crippen LogP) is 5.85. The minimum atomic E-state index is -0.103. The van der Waals surface area contributed by atoms with Gasteiger partial charge in [0.05, 0.1) is 16.6 Å². The van der Waals surface area contributed by atoms with Crippen molar-refractivity contribution in [2.45, 2.75) is 51.6 Å². The van der Waals surface area contributed by atoms with Crippen LogP contribution < -0.4 is 4.90 Å². The smallest absolute Gasteiger partial charge is 0.255 e. The molecule has 1 fully saturated rings. The average Bonchev–Trinajstić information content (AvgIpc) is 3.34. The van der Waals surface area contributed by atoms with Crippen molar-refractivity contribution in [3.63, 3.8) is 0 Å². The summed E-state index contributed by atoms with van der Waals surface area (Å²) in [6.07, 6.45) is 3.56. The van der Waals surface area contributed by atoms with Crippen LogP contribution in [0.25, 0.3) is 0 Å². The van der Waals surface area contributed by atoms with E-state index in [0.29, 0.717) is 16.1 Å². The summed E-state index contributed by atoms with van der Waals surface area (Å²) in [5.41, 5.74) is 6.71. The number of pyridine rings is 1. The number of aryl methyl sites for hydroxylation is 3. The van der Waals surface area contributed by atoms with Gasteiger partial charge in [0.25, 0.3) is 11.8 Å². The van der Waals surface area contributed by atoms with Crippen LogP contribution in [0.4, 0.5) is 5.69 Å². The van der Waals surface area contributed by atoms with E-state index in [2.05, 4.69) is 28.1 Å². The Bertz CT molecular complexity index is 1350. The molecule has 5 rings (SSSR count). The number of halogens is 1. The fourth-order valence-electron chi connectivity index (χ4n) is 5.96. The number of fused-ring (bicyclic) bond motifs is 1. The lowest BCUT2D eigenvalue weighted by Gasteiger charge is -2.38. The molecule has 38 heavy (non-hydrogen) atoms. The molecule has 2 aliphatic rings. The van der Waals surface area contributed by atoms with Crippen molar-refractivity contribution in [1.82, 2.24) is 14.8 Å². The van der Waals surface area contributed by atoms with Crippen molar-refractivity contribution >= 4 is 29.1 Å². The Labute approximate surface area is 230 Å². The Hall–Kier alpha value is -3.38. The standard InChI is InChI=1S/C31H35ClN4O2/c1-20-17-25(18-21(2)33-20)36-15-13-24(14-16-36)34(3)30(37)23-10-9-22-11-12-29(27(22)19-23)35(4)31(38)26-7-5-6-8-28(26)32/h5-10,17-19,24,29H,11-16H2,1-4H3. The fourth-order valence-corrected chi connectivity index (χ4v) is 6.17. The summed E-state index contributed by atoms with van der Waals surface area (Å²) < 4.78 is 0. The molecule has 2 amide bonds. The number of hydrogen-bond donors (Lipinski definition) is 0. The summed E-state index contributed by atoms with van der Waals surface area (Å²) in [6, 6.07) is 17.5. The van der Waals surface area contributed by atoms with Crippen LogP contribution in [0.5, 0.6) is 0 Å². The number of rotatable bonds is 5. The van der Waals surface area contributed by atoms with Gasteiger partial charge in [0.15, 0.2) is 0 Å². The molecule has 1 unspecified atom stereocenters. The van der Waals surface area contributed by atoms with Crippen LogP contribution in [-0.2, 0) is 6.42 Å². The van der Waals surface area contributed by atoms with Gasteiger partial charge in [-0.3, -0.25) is 14.6 Å². The van der Waals surface area contributed by atoms with E-state index in [1.54, 1.807) is 17.0 Å². The molecule has 1 aliphatic heterocycles. The molecule has 0 radical (unpaired) electrons. The number of amides is 2. The third-order valence-corrected chi connectivity index (χ3v) is 8.42. The van der Waals surface area contributed by atoms with E-state index in [0.717, 1.165) is 55.7 Å². The van der Waals surface area contributed by atoms with Crippen LogP contribution >= 0.6 is 11.6 Å². The summed E-state index contributed by atoms with van der Waals surface area (Å²) in [5, 5.41) is 0.452. The number of aromatic nitrogens is 1. The Morgan fingerprint density at radius 2 is 1.58 bits per heavy atom. The van der Waals surface area contributed by atoms with Crippen LogP contribution in [0.1, 0.15) is 68.5 Å². The molecule has 0 bridgehead atoms. The van der Waals surface area contributed by atoms with E-state index >= 15 is 0 Å². The van der Waals surface area contributed by atoms with E-state index in [1.807, 2.05) is 57.1 Å². The number of nitrogens with zero attached hydrogens (tertiary/aromatic N) is 4. The molecule has 1 aromatic heterocycles. The third-order valence-electron chi connectivity index (χ3n) is 8.09. The molecule has 2 heterocycles. The molecule has 3 aromatic rings. The zero-order chi connectivity index (χ0) is 27.0. The highest BCUT2D eigenvalue weighted by atomic mass is 35.5. The molecule has 7 heteroatoms. The van der Waals surface area contributed by atoms with Crippen LogP contribution in [0.3, 0.4) is 0 Å². The topological polar surface area (TPSA) is 56.8 Å². The van der Waals surface area contributed by atoms with Crippen molar-refractivity contribution in [3.05, 3.63) is 93.3 Å². The highest BCUT2D eigenvalue weighted by molar-refractivity contribution is 6.33. The third kappa shape index (κ3) is 5.14. The quantitative estimate of drug-likeness (QED) is 0.415. The SMILES string of the molecule is Cc1cc(N2CCC(N(C)C(=O)c3ccc4c(c3)C(N(C)C(=O)c3ccccc3Cl)CC4)CC2)cc(C)n1. The van der Waals surface area contributed by atoms with Gasteiger partial charge in [-0.15, -0.1) is 0 Å². The molecule has 2 aromatic carbocycles. The minimum absolute atomic E-state index is 0.0348. The molecule has 1 saturated heterocycles. The lowest BCUT2D eigenvalue weighted by Crippen LogP contribution is -2.45. The second kappa shape index (κ2) is 10.8. The summed E-state index contributed by atoms with van der Waals surface area (Å²) >= 11 is 6.30. The number of piperidine rings is 1. The van der Waals surface area contributed by atoms with E-state index in [1.165, 1.54) is 11.3 Å². The number of hydrogen-bond acceptors (Lipinski definition) is 4. The van der Waals surface area contributed by atoms with Crippen LogP contribution in [0.15, 0.2) is 54.6 Å². The van der Waals surface area contributed by atoms with E-state index < -0.39 is 0 Å². The molecule has 198 valence electrons. The highest BCUT2D eigenvalue weighted by Gasteiger charge is 2.32. The molecule has 1 aliphatic carbocycles. The first-order chi connectivity index (χ1) is 18.2. The van der Waals surface area contributed by atoms with Gasteiger partial charge in [0.1, 0.15) is 0 Å². The first-order valence-corrected chi connectivity index (χ1v) is 13.7. The highest BCUT2D eigenvalue weighted by Crippen LogP contribution is 2.37. The molecular weight excluding hydrogens is 496 g/mol. The summed E-state index contributed by atoms with van der Waals surface area (Å²) in [4.78, 5) is 37.3. The van der Waals surface area contributed by atoms with E-state index in [-0.39, 0.29) is 23.9 Å². The van der Waals surface area contributed by atoms with Gasteiger partial charge >= 0.3 is 0 Å². The van der Waals surface area contributed by atoms with Crippen molar-refractivity contribution in [3.8, 4) is 0 Å². The number of benzene rings is 2. The van der Waals surface area contributed by atoms with Gasteiger partial charge in [-0.25, -0.2) is 0 Å². The summed E-state index contributed by atoms with van der Waals surface area (Å²) in [7, 11) is 3.74. The largest absolute Gasteiger partial charge is 0.371 e. The van der Waals surface area contributed by atoms with Gasteiger partial charge in [0, 0.05) is 55.9 Å². The first kappa shape index (κ1) is 26.2. The zero-order valence-corrected chi connectivity index (χ0v) is 23.3. The van der Waals surface area contributed by atoms with Crippen LogP contribution in [0.2, 0.25) is 5.02 Å². The van der Waals surface area contributed by atoms with E-state index in [4.69, 9.17) is 11.6 Å².